The van der Waals surface area contributed by atoms with Crippen LogP contribution in [-0.2, 0) is 19.4 Å². The number of nitrogens with one attached hydrogen (secondary N) is 1. The van der Waals surface area contributed by atoms with Crippen molar-refractivity contribution in [2.75, 3.05) is 13.1 Å². The van der Waals surface area contributed by atoms with Gasteiger partial charge in [0.1, 0.15) is 0 Å². The predicted octanol–water partition coefficient (Wildman–Crippen LogP) is -0.339. The molecule has 90 valence electrons. The fraction of sp³-hybridized carbons (Fsp3) is 0.545. The molecule has 2 aromatic rings. The van der Waals surface area contributed by atoms with Crippen molar-refractivity contribution in [3.05, 3.63) is 23.3 Å². The van der Waals surface area contributed by atoms with E-state index in [9.17, 15) is 0 Å². The van der Waals surface area contributed by atoms with Gasteiger partial charge in [-0.25, -0.2) is 9.50 Å². The van der Waals surface area contributed by atoms with Crippen LogP contribution >= 0.6 is 0 Å². The van der Waals surface area contributed by atoms with Crippen LogP contribution in [0.2, 0.25) is 0 Å². The van der Waals surface area contributed by atoms with Crippen LogP contribution in [0.3, 0.4) is 0 Å². The maximum absolute atomic E-state index is 5.50. The molecule has 3 rings (SSSR count). The standard InChI is InChI=1S/C11H16N6/c12-4-1-2-10-15-11-14-7-8-6-13-5-3-9(8)17(11)16-10/h7,13H,1-6,12H2. The third kappa shape index (κ3) is 1.89. The number of aryl methyl sites for hydroxylation is 1. The predicted molar refractivity (Wildman–Crippen MR) is 63.6 cm³/mol. The summed E-state index contributed by atoms with van der Waals surface area (Å²) in [5, 5.41) is 7.85. The fourth-order valence-electron chi connectivity index (χ4n) is 2.17. The van der Waals surface area contributed by atoms with E-state index < -0.39 is 0 Å². The average Bonchev–Trinajstić information content (AvgIpc) is 2.79. The van der Waals surface area contributed by atoms with E-state index in [0.29, 0.717) is 12.3 Å². The monoisotopic (exact) mass is 232 g/mol. The number of rotatable bonds is 3. The Morgan fingerprint density at radius 3 is 3.29 bits per heavy atom. The van der Waals surface area contributed by atoms with Crippen molar-refractivity contribution in [2.24, 2.45) is 5.73 Å². The van der Waals surface area contributed by atoms with Gasteiger partial charge in [-0.15, -0.1) is 5.10 Å². The molecule has 2 aromatic heterocycles. The second-order valence-electron chi connectivity index (χ2n) is 4.29. The molecule has 0 saturated carbocycles. The Bertz CT molecular complexity index is 532. The molecular weight excluding hydrogens is 216 g/mol. The van der Waals surface area contributed by atoms with Crippen molar-refractivity contribution >= 4 is 5.78 Å². The highest BCUT2D eigenvalue weighted by atomic mass is 15.3. The molecule has 0 fully saturated rings. The van der Waals surface area contributed by atoms with Crippen molar-refractivity contribution in [3.63, 3.8) is 0 Å². The van der Waals surface area contributed by atoms with Gasteiger partial charge in [0, 0.05) is 37.7 Å². The lowest BCUT2D eigenvalue weighted by molar-refractivity contribution is 0.608. The van der Waals surface area contributed by atoms with E-state index in [2.05, 4.69) is 20.4 Å². The summed E-state index contributed by atoms with van der Waals surface area (Å²) >= 11 is 0. The summed E-state index contributed by atoms with van der Waals surface area (Å²) in [5.74, 6) is 1.55. The first-order valence-corrected chi connectivity index (χ1v) is 6.01. The second-order valence-corrected chi connectivity index (χ2v) is 4.29. The van der Waals surface area contributed by atoms with Gasteiger partial charge in [0.2, 0.25) is 0 Å². The molecule has 0 amide bonds. The van der Waals surface area contributed by atoms with E-state index in [1.807, 2.05) is 10.7 Å². The molecule has 1 aliphatic rings. The minimum atomic E-state index is 0.672. The van der Waals surface area contributed by atoms with E-state index in [4.69, 9.17) is 5.73 Å². The van der Waals surface area contributed by atoms with Crippen LogP contribution in [0, 0.1) is 0 Å². The van der Waals surface area contributed by atoms with Crippen LogP contribution in [0.1, 0.15) is 23.5 Å². The molecule has 6 nitrogen and oxygen atoms in total. The van der Waals surface area contributed by atoms with Crippen molar-refractivity contribution in [3.8, 4) is 0 Å². The molecule has 6 heteroatoms. The maximum atomic E-state index is 5.50. The Hall–Kier alpha value is -1.53. The summed E-state index contributed by atoms with van der Waals surface area (Å²) in [7, 11) is 0. The van der Waals surface area contributed by atoms with Crippen LogP contribution in [0.5, 0.6) is 0 Å². The summed E-state index contributed by atoms with van der Waals surface area (Å²) in [4.78, 5) is 8.76. The van der Waals surface area contributed by atoms with E-state index in [0.717, 1.165) is 38.2 Å². The number of hydrogen-bond acceptors (Lipinski definition) is 5. The molecule has 3 N–H and O–H groups in total. The molecule has 0 unspecified atom stereocenters. The Morgan fingerprint density at radius 1 is 1.47 bits per heavy atom. The third-order valence-corrected chi connectivity index (χ3v) is 3.05. The first kappa shape index (κ1) is 10.6. The van der Waals surface area contributed by atoms with Gasteiger partial charge in [0.25, 0.3) is 5.78 Å². The largest absolute Gasteiger partial charge is 0.330 e. The maximum Gasteiger partial charge on any atom is 0.252 e. The van der Waals surface area contributed by atoms with Gasteiger partial charge >= 0.3 is 0 Å². The second kappa shape index (κ2) is 4.38. The van der Waals surface area contributed by atoms with Crippen molar-refractivity contribution in [1.29, 1.82) is 0 Å². The average molecular weight is 232 g/mol. The Labute approximate surface area is 99.3 Å². The number of nitrogens with two attached hydrogens (primary N) is 1. The quantitative estimate of drug-likeness (QED) is 0.756. The molecule has 3 heterocycles. The van der Waals surface area contributed by atoms with Crippen molar-refractivity contribution < 1.29 is 0 Å². The first-order chi connectivity index (χ1) is 8.38. The van der Waals surface area contributed by atoms with Crippen LogP contribution in [0.15, 0.2) is 6.20 Å². The molecule has 0 aromatic carbocycles. The molecular formula is C11H16N6. The minimum absolute atomic E-state index is 0.672. The van der Waals surface area contributed by atoms with Gasteiger partial charge in [-0.3, -0.25) is 0 Å². The van der Waals surface area contributed by atoms with E-state index in [1.54, 1.807) is 0 Å². The first-order valence-electron chi connectivity index (χ1n) is 6.01. The zero-order chi connectivity index (χ0) is 11.7. The SMILES string of the molecule is NCCCc1nc2ncc3c(n2n1)CCNC3. The fourth-order valence-corrected chi connectivity index (χ4v) is 2.17. The molecule has 0 aliphatic carbocycles. The Kier molecular flexibility index (Phi) is 2.74. The number of hydrogen-bond donors (Lipinski definition) is 2. The summed E-state index contributed by atoms with van der Waals surface area (Å²) in [6.07, 6.45) is 4.62. The molecule has 0 atom stereocenters. The summed E-state index contributed by atoms with van der Waals surface area (Å²) < 4.78 is 1.89. The lowest BCUT2D eigenvalue weighted by atomic mass is 10.1. The Balaban J connectivity index is 2.03. The topological polar surface area (TPSA) is 81.1 Å². The highest BCUT2D eigenvalue weighted by Crippen LogP contribution is 2.13. The zero-order valence-electron chi connectivity index (χ0n) is 9.69. The summed E-state index contributed by atoms with van der Waals surface area (Å²) in [5.41, 5.74) is 7.95. The zero-order valence-corrected chi connectivity index (χ0v) is 9.69. The Morgan fingerprint density at radius 2 is 2.41 bits per heavy atom. The molecule has 17 heavy (non-hydrogen) atoms. The summed E-state index contributed by atoms with van der Waals surface area (Å²) in [6.45, 7) is 2.53. The lowest BCUT2D eigenvalue weighted by Crippen LogP contribution is -2.26. The molecule has 0 radical (unpaired) electrons. The van der Waals surface area contributed by atoms with E-state index in [1.165, 1.54) is 11.3 Å². The van der Waals surface area contributed by atoms with E-state index >= 15 is 0 Å². The van der Waals surface area contributed by atoms with Crippen molar-refractivity contribution in [2.45, 2.75) is 25.8 Å². The lowest BCUT2D eigenvalue weighted by Gasteiger charge is -2.16. The van der Waals surface area contributed by atoms with Gasteiger partial charge < -0.3 is 11.1 Å². The minimum Gasteiger partial charge on any atom is -0.330 e. The van der Waals surface area contributed by atoms with Crippen LogP contribution < -0.4 is 11.1 Å². The van der Waals surface area contributed by atoms with Crippen LogP contribution in [0.4, 0.5) is 0 Å². The summed E-state index contributed by atoms with van der Waals surface area (Å²) in [6, 6.07) is 0. The molecule has 1 aliphatic heterocycles. The van der Waals surface area contributed by atoms with Gasteiger partial charge in [-0.1, -0.05) is 0 Å². The van der Waals surface area contributed by atoms with Crippen LogP contribution in [-0.4, -0.2) is 32.7 Å². The number of fused-ring (bicyclic) bond motifs is 3. The smallest absolute Gasteiger partial charge is 0.252 e. The van der Waals surface area contributed by atoms with Gasteiger partial charge in [0.05, 0.1) is 5.69 Å². The van der Waals surface area contributed by atoms with Gasteiger partial charge in [-0.2, -0.15) is 4.98 Å². The highest BCUT2D eigenvalue weighted by Gasteiger charge is 2.15. The third-order valence-electron chi connectivity index (χ3n) is 3.05. The van der Waals surface area contributed by atoms with Gasteiger partial charge in [-0.05, 0) is 13.0 Å². The van der Waals surface area contributed by atoms with Gasteiger partial charge in [0.15, 0.2) is 5.82 Å². The molecule has 0 spiro atoms. The normalized spacial score (nSPS) is 15.1. The van der Waals surface area contributed by atoms with Crippen molar-refractivity contribution in [1.82, 2.24) is 24.9 Å². The number of aromatic nitrogens is 4. The molecule has 0 bridgehead atoms. The highest BCUT2D eigenvalue weighted by molar-refractivity contribution is 5.34. The van der Waals surface area contributed by atoms with E-state index in [-0.39, 0.29) is 0 Å². The van der Waals surface area contributed by atoms with Crippen LogP contribution in [0.25, 0.3) is 5.78 Å². The number of nitrogens with zero attached hydrogens (tertiary/aromatic N) is 4. The molecule has 0 saturated heterocycles.